The fourth-order valence-corrected chi connectivity index (χ4v) is 4.21. The van der Waals surface area contributed by atoms with Crippen molar-refractivity contribution in [3.63, 3.8) is 0 Å². The number of aromatic nitrogens is 1. The van der Waals surface area contributed by atoms with Crippen LogP contribution in [-0.4, -0.2) is 49.8 Å². The van der Waals surface area contributed by atoms with Gasteiger partial charge in [0.05, 0.1) is 5.02 Å². The predicted octanol–water partition coefficient (Wildman–Crippen LogP) is 0.676. The zero-order valence-electron chi connectivity index (χ0n) is 11.8. The van der Waals surface area contributed by atoms with Crippen molar-refractivity contribution in [3.05, 3.63) is 17.3 Å². The van der Waals surface area contributed by atoms with Gasteiger partial charge >= 0.3 is 0 Å². The van der Waals surface area contributed by atoms with Gasteiger partial charge in [-0.2, -0.15) is 4.31 Å². The van der Waals surface area contributed by atoms with Gasteiger partial charge in [-0.1, -0.05) is 18.5 Å². The van der Waals surface area contributed by atoms with Crippen LogP contribution in [-0.2, 0) is 14.8 Å². The highest BCUT2D eigenvalue weighted by Crippen LogP contribution is 2.26. The van der Waals surface area contributed by atoms with Gasteiger partial charge in [-0.05, 0) is 12.5 Å². The maximum absolute atomic E-state index is 12.7. The largest absolute Gasteiger partial charge is 0.372 e. The second kappa shape index (κ2) is 6.17. The molecular weight excluding hydrogens is 316 g/mol. The van der Waals surface area contributed by atoms with Crippen LogP contribution in [0, 0.1) is 0 Å². The van der Waals surface area contributed by atoms with Crippen molar-refractivity contribution >= 4 is 33.3 Å². The molecule has 1 fully saturated rings. The molecule has 116 valence electrons. The van der Waals surface area contributed by atoms with Gasteiger partial charge in [0.1, 0.15) is 16.8 Å². The molecule has 7 nitrogen and oxygen atoms in total. The number of hydrogen-bond donors (Lipinski definition) is 2. The Bertz CT molecular complexity index is 650. The third kappa shape index (κ3) is 2.97. The Morgan fingerprint density at radius 1 is 1.57 bits per heavy atom. The van der Waals surface area contributed by atoms with Crippen LogP contribution < -0.4 is 10.6 Å². The number of nitrogens with one attached hydrogen (secondary N) is 2. The molecule has 1 saturated heterocycles. The van der Waals surface area contributed by atoms with Crippen molar-refractivity contribution < 1.29 is 13.2 Å². The molecule has 0 spiro atoms. The van der Waals surface area contributed by atoms with Crippen LogP contribution in [0.25, 0.3) is 0 Å². The zero-order chi connectivity index (χ0) is 15.6. The standard InChI is InChI=1S/C12H17ClN4O3S/c1-3-10-12(18)15-4-5-17(10)21(19,20)8-6-9(13)11(14-2)16-7-8/h6-7,10H,3-5H2,1-2H3,(H,14,16)(H,15,18). The van der Waals surface area contributed by atoms with Crippen molar-refractivity contribution in [2.75, 3.05) is 25.5 Å². The van der Waals surface area contributed by atoms with Gasteiger partial charge in [0.15, 0.2) is 0 Å². The molecule has 1 atom stereocenters. The third-order valence-electron chi connectivity index (χ3n) is 3.33. The van der Waals surface area contributed by atoms with Gasteiger partial charge in [-0.25, -0.2) is 13.4 Å². The van der Waals surface area contributed by atoms with Crippen molar-refractivity contribution in [1.82, 2.24) is 14.6 Å². The molecule has 21 heavy (non-hydrogen) atoms. The van der Waals surface area contributed by atoms with Crippen molar-refractivity contribution in [2.24, 2.45) is 0 Å². The number of amides is 1. The van der Waals surface area contributed by atoms with Crippen LogP contribution in [0.3, 0.4) is 0 Å². The quantitative estimate of drug-likeness (QED) is 0.846. The molecule has 1 aromatic heterocycles. The Morgan fingerprint density at radius 2 is 2.29 bits per heavy atom. The van der Waals surface area contributed by atoms with Gasteiger partial charge < -0.3 is 10.6 Å². The highest BCUT2D eigenvalue weighted by Gasteiger charge is 2.37. The highest BCUT2D eigenvalue weighted by molar-refractivity contribution is 7.89. The van der Waals surface area contributed by atoms with Crippen LogP contribution in [0.4, 0.5) is 5.82 Å². The molecule has 0 aliphatic carbocycles. The van der Waals surface area contributed by atoms with Crippen LogP contribution in [0.15, 0.2) is 17.2 Å². The fourth-order valence-electron chi connectivity index (χ4n) is 2.25. The van der Waals surface area contributed by atoms with E-state index in [0.717, 1.165) is 0 Å². The average molecular weight is 333 g/mol. The first-order valence-corrected chi connectivity index (χ1v) is 8.36. The van der Waals surface area contributed by atoms with Gasteiger partial charge in [-0.15, -0.1) is 0 Å². The van der Waals surface area contributed by atoms with Gasteiger partial charge in [-0.3, -0.25) is 4.79 Å². The first-order chi connectivity index (χ1) is 9.91. The Kier molecular flexibility index (Phi) is 4.70. The van der Waals surface area contributed by atoms with Crippen LogP contribution in [0.2, 0.25) is 5.02 Å². The van der Waals surface area contributed by atoms with Crippen molar-refractivity contribution in [2.45, 2.75) is 24.3 Å². The van der Waals surface area contributed by atoms with Gasteiger partial charge in [0.25, 0.3) is 0 Å². The number of carbonyl (C=O) groups is 1. The lowest BCUT2D eigenvalue weighted by atomic mass is 10.2. The van der Waals surface area contributed by atoms with Gasteiger partial charge in [0.2, 0.25) is 15.9 Å². The van der Waals surface area contributed by atoms with E-state index in [1.165, 1.54) is 16.6 Å². The van der Waals surface area contributed by atoms with Crippen LogP contribution in [0.5, 0.6) is 0 Å². The maximum atomic E-state index is 12.7. The summed E-state index contributed by atoms with van der Waals surface area (Å²) in [7, 11) is -2.16. The lowest BCUT2D eigenvalue weighted by Gasteiger charge is -2.33. The van der Waals surface area contributed by atoms with Gasteiger partial charge in [0, 0.05) is 26.3 Å². The minimum absolute atomic E-state index is 0.0142. The van der Waals surface area contributed by atoms with Crippen molar-refractivity contribution in [3.8, 4) is 0 Å². The number of halogens is 1. The van der Waals surface area contributed by atoms with Crippen molar-refractivity contribution in [1.29, 1.82) is 0 Å². The summed E-state index contributed by atoms with van der Waals surface area (Å²) in [6.45, 7) is 2.30. The number of hydrogen-bond acceptors (Lipinski definition) is 5. The molecule has 1 aliphatic rings. The summed E-state index contributed by atoms with van der Waals surface area (Å²) in [5.41, 5.74) is 0. The van der Waals surface area contributed by atoms with Crippen LogP contribution >= 0.6 is 11.6 Å². The molecule has 9 heteroatoms. The first-order valence-electron chi connectivity index (χ1n) is 6.54. The molecule has 2 N–H and O–H groups in total. The number of pyridine rings is 1. The van der Waals surface area contributed by atoms with E-state index in [1.807, 2.05) is 0 Å². The summed E-state index contributed by atoms with van der Waals surface area (Å²) in [5, 5.41) is 5.65. The summed E-state index contributed by atoms with van der Waals surface area (Å²) in [4.78, 5) is 15.8. The molecule has 0 saturated carbocycles. The second-order valence-corrected chi connectivity index (χ2v) is 6.88. The first kappa shape index (κ1) is 16.0. The fraction of sp³-hybridized carbons (Fsp3) is 0.500. The molecule has 0 aromatic carbocycles. The lowest BCUT2D eigenvalue weighted by Crippen LogP contribution is -2.56. The number of piperazine rings is 1. The number of sulfonamides is 1. The van der Waals surface area contributed by atoms with E-state index in [9.17, 15) is 13.2 Å². The minimum atomic E-state index is -3.81. The normalized spacial score (nSPS) is 20.1. The molecule has 1 amide bonds. The number of rotatable bonds is 4. The second-order valence-electron chi connectivity index (χ2n) is 4.58. The molecule has 1 aliphatic heterocycles. The average Bonchev–Trinajstić information content (AvgIpc) is 2.46. The summed E-state index contributed by atoms with van der Waals surface area (Å²) in [6.07, 6.45) is 1.65. The van der Waals surface area contributed by atoms with E-state index in [0.29, 0.717) is 18.8 Å². The Morgan fingerprint density at radius 3 is 2.86 bits per heavy atom. The Balaban J connectivity index is 2.41. The Labute approximate surface area is 128 Å². The van der Waals surface area contributed by atoms with E-state index in [2.05, 4.69) is 15.6 Å². The number of carbonyl (C=O) groups excluding carboxylic acids is 1. The molecule has 0 bridgehead atoms. The van der Waals surface area contributed by atoms with E-state index in [1.54, 1.807) is 14.0 Å². The zero-order valence-corrected chi connectivity index (χ0v) is 13.3. The summed E-state index contributed by atoms with van der Waals surface area (Å²) < 4.78 is 26.6. The number of nitrogens with zero attached hydrogens (tertiary/aromatic N) is 2. The van der Waals surface area contributed by atoms with E-state index in [4.69, 9.17) is 11.6 Å². The minimum Gasteiger partial charge on any atom is -0.372 e. The van der Waals surface area contributed by atoms with E-state index in [-0.39, 0.29) is 22.4 Å². The lowest BCUT2D eigenvalue weighted by molar-refractivity contribution is -0.126. The molecule has 2 rings (SSSR count). The van der Waals surface area contributed by atoms with E-state index >= 15 is 0 Å². The topological polar surface area (TPSA) is 91.4 Å². The molecule has 2 heterocycles. The van der Waals surface area contributed by atoms with Crippen LogP contribution in [0.1, 0.15) is 13.3 Å². The van der Waals surface area contributed by atoms with E-state index < -0.39 is 16.1 Å². The highest BCUT2D eigenvalue weighted by atomic mass is 35.5. The predicted molar refractivity (Wildman–Crippen MR) is 79.8 cm³/mol. The smallest absolute Gasteiger partial charge is 0.245 e. The maximum Gasteiger partial charge on any atom is 0.245 e. The molecular formula is C12H17ClN4O3S. The summed E-state index contributed by atoms with van der Waals surface area (Å²) >= 11 is 5.99. The molecule has 0 radical (unpaired) electrons. The summed E-state index contributed by atoms with van der Waals surface area (Å²) in [6, 6.07) is 0.640. The SMILES string of the molecule is CCC1C(=O)NCCN1S(=O)(=O)c1cnc(NC)c(Cl)c1. The Hall–Kier alpha value is -1.38. The molecule has 1 aromatic rings. The summed E-state index contributed by atoms with van der Waals surface area (Å²) in [5.74, 6) is 0.122. The third-order valence-corrected chi connectivity index (χ3v) is 5.49. The number of anilines is 1. The monoisotopic (exact) mass is 332 g/mol. The molecule has 1 unspecified atom stereocenters.